The summed E-state index contributed by atoms with van der Waals surface area (Å²) < 4.78 is 39.6. The summed E-state index contributed by atoms with van der Waals surface area (Å²) in [4.78, 5) is -0.0880. The molecule has 0 saturated heterocycles. The Morgan fingerprint density at radius 3 is 2.47 bits per heavy atom. The molecule has 100 valence electrons. The SMILES string of the molecule is Nc1ccc(S(=O)(=O)Nc2ccccc2F)cc1Cl. The Kier molecular flexibility index (Phi) is 3.64. The maximum Gasteiger partial charge on any atom is 0.262 e. The van der Waals surface area contributed by atoms with Crippen LogP contribution < -0.4 is 10.5 Å². The van der Waals surface area contributed by atoms with Gasteiger partial charge in [0, 0.05) is 0 Å². The van der Waals surface area contributed by atoms with Crippen LogP contribution >= 0.6 is 11.6 Å². The van der Waals surface area contributed by atoms with Crippen molar-refractivity contribution in [3.63, 3.8) is 0 Å². The second kappa shape index (κ2) is 5.07. The average molecular weight is 301 g/mol. The van der Waals surface area contributed by atoms with E-state index in [1.807, 2.05) is 0 Å². The van der Waals surface area contributed by atoms with Crippen molar-refractivity contribution in [3.8, 4) is 0 Å². The van der Waals surface area contributed by atoms with Gasteiger partial charge >= 0.3 is 0 Å². The molecule has 0 aliphatic heterocycles. The Hall–Kier alpha value is -1.79. The number of nitrogens with two attached hydrogens (primary N) is 1. The fourth-order valence-corrected chi connectivity index (χ4v) is 2.76. The van der Waals surface area contributed by atoms with Gasteiger partial charge in [0.1, 0.15) is 5.82 Å². The second-order valence-electron chi connectivity index (χ2n) is 3.77. The molecule has 19 heavy (non-hydrogen) atoms. The molecule has 2 aromatic carbocycles. The predicted molar refractivity (Wildman–Crippen MR) is 73.1 cm³/mol. The summed E-state index contributed by atoms with van der Waals surface area (Å²) in [5.74, 6) is -0.660. The Morgan fingerprint density at radius 2 is 1.84 bits per heavy atom. The monoisotopic (exact) mass is 300 g/mol. The molecular weight excluding hydrogens is 291 g/mol. The zero-order valence-corrected chi connectivity index (χ0v) is 11.2. The molecule has 0 bridgehead atoms. The number of hydrogen-bond acceptors (Lipinski definition) is 3. The highest BCUT2D eigenvalue weighted by Crippen LogP contribution is 2.24. The maximum atomic E-state index is 13.4. The van der Waals surface area contributed by atoms with Gasteiger partial charge in [0.2, 0.25) is 0 Å². The zero-order chi connectivity index (χ0) is 14.0. The van der Waals surface area contributed by atoms with Crippen LogP contribution in [-0.4, -0.2) is 8.42 Å². The molecule has 7 heteroatoms. The molecule has 3 N–H and O–H groups in total. The van der Waals surface area contributed by atoms with Gasteiger partial charge in [0.25, 0.3) is 10.0 Å². The van der Waals surface area contributed by atoms with Gasteiger partial charge in [-0.05, 0) is 30.3 Å². The van der Waals surface area contributed by atoms with Gasteiger partial charge in [0.15, 0.2) is 0 Å². The van der Waals surface area contributed by atoms with Crippen molar-refractivity contribution in [2.45, 2.75) is 4.90 Å². The van der Waals surface area contributed by atoms with E-state index in [0.29, 0.717) is 0 Å². The number of anilines is 2. The number of rotatable bonds is 3. The number of sulfonamides is 1. The number of benzene rings is 2. The summed E-state index contributed by atoms with van der Waals surface area (Å²) in [5, 5.41) is 0.122. The van der Waals surface area contributed by atoms with Crippen molar-refractivity contribution in [1.82, 2.24) is 0 Å². The first-order chi connectivity index (χ1) is 8.90. The van der Waals surface area contributed by atoms with Crippen molar-refractivity contribution in [2.24, 2.45) is 0 Å². The molecule has 0 atom stereocenters. The third-order valence-corrected chi connectivity index (χ3v) is 4.09. The van der Waals surface area contributed by atoms with Crippen LogP contribution in [0.5, 0.6) is 0 Å². The number of hydrogen-bond donors (Lipinski definition) is 2. The highest BCUT2D eigenvalue weighted by Gasteiger charge is 2.17. The molecule has 2 aromatic rings. The summed E-state index contributed by atoms with van der Waals surface area (Å²) in [6.07, 6.45) is 0. The Morgan fingerprint density at radius 1 is 1.16 bits per heavy atom. The summed E-state index contributed by atoms with van der Waals surface area (Å²) in [7, 11) is -3.91. The summed E-state index contributed by atoms with van der Waals surface area (Å²) >= 11 is 5.76. The largest absolute Gasteiger partial charge is 0.398 e. The molecule has 0 spiro atoms. The van der Waals surface area contributed by atoms with Gasteiger partial charge in [-0.25, -0.2) is 12.8 Å². The normalized spacial score (nSPS) is 11.3. The molecule has 0 amide bonds. The predicted octanol–water partition coefficient (Wildman–Crippen LogP) is 2.86. The Labute approximate surface area is 115 Å². The number of nitrogens with one attached hydrogen (secondary N) is 1. The molecular formula is C12H10ClFN2O2S. The molecule has 4 nitrogen and oxygen atoms in total. The van der Waals surface area contributed by atoms with Gasteiger partial charge < -0.3 is 5.73 Å². The lowest BCUT2D eigenvalue weighted by atomic mass is 10.3. The van der Waals surface area contributed by atoms with Crippen LogP contribution in [0.15, 0.2) is 47.4 Å². The van der Waals surface area contributed by atoms with Crippen LogP contribution in [0.4, 0.5) is 15.8 Å². The lowest BCUT2D eigenvalue weighted by Gasteiger charge is -2.09. The van der Waals surface area contributed by atoms with Crippen molar-refractivity contribution in [3.05, 3.63) is 53.3 Å². The van der Waals surface area contributed by atoms with E-state index in [0.717, 1.165) is 6.07 Å². The first-order valence-electron chi connectivity index (χ1n) is 5.22. The van der Waals surface area contributed by atoms with Crippen LogP contribution in [0.1, 0.15) is 0 Å². The summed E-state index contributed by atoms with van der Waals surface area (Å²) in [6.45, 7) is 0. The van der Waals surface area contributed by atoms with E-state index in [2.05, 4.69) is 4.72 Å². The lowest BCUT2D eigenvalue weighted by molar-refractivity contribution is 0.598. The second-order valence-corrected chi connectivity index (χ2v) is 5.86. The Bertz CT molecular complexity index is 719. The van der Waals surface area contributed by atoms with Gasteiger partial charge in [-0.3, -0.25) is 4.72 Å². The van der Waals surface area contributed by atoms with E-state index in [-0.39, 0.29) is 21.3 Å². The molecule has 2 rings (SSSR count). The number of para-hydroxylation sites is 1. The van der Waals surface area contributed by atoms with E-state index in [1.54, 1.807) is 0 Å². The molecule has 0 aliphatic rings. The van der Waals surface area contributed by atoms with Crippen molar-refractivity contribution >= 4 is 33.0 Å². The van der Waals surface area contributed by atoms with Gasteiger partial charge in [-0.2, -0.15) is 0 Å². The minimum absolute atomic E-state index is 0.0880. The van der Waals surface area contributed by atoms with Crippen LogP contribution in [0, 0.1) is 5.82 Å². The van der Waals surface area contributed by atoms with E-state index >= 15 is 0 Å². The molecule has 0 radical (unpaired) electrons. The third kappa shape index (κ3) is 2.97. The summed E-state index contributed by atoms with van der Waals surface area (Å²) in [5.41, 5.74) is 5.64. The van der Waals surface area contributed by atoms with Gasteiger partial charge in [-0.1, -0.05) is 23.7 Å². The molecule has 0 unspecified atom stereocenters. The smallest absolute Gasteiger partial charge is 0.262 e. The zero-order valence-electron chi connectivity index (χ0n) is 9.60. The molecule has 0 fully saturated rings. The standard InChI is InChI=1S/C12H10ClFN2O2S/c13-9-7-8(5-6-11(9)15)19(17,18)16-12-4-2-1-3-10(12)14/h1-7,16H,15H2. The third-order valence-electron chi connectivity index (χ3n) is 2.40. The maximum absolute atomic E-state index is 13.4. The van der Waals surface area contributed by atoms with Crippen molar-refractivity contribution in [2.75, 3.05) is 10.5 Å². The van der Waals surface area contributed by atoms with Crippen LogP contribution in [0.25, 0.3) is 0 Å². The molecule has 0 saturated carbocycles. The highest BCUT2D eigenvalue weighted by atomic mass is 35.5. The van der Waals surface area contributed by atoms with E-state index in [9.17, 15) is 12.8 Å². The number of halogens is 2. The topological polar surface area (TPSA) is 72.2 Å². The van der Waals surface area contributed by atoms with Crippen LogP contribution in [-0.2, 0) is 10.0 Å². The van der Waals surface area contributed by atoms with Crippen molar-refractivity contribution < 1.29 is 12.8 Å². The lowest BCUT2D eigenvalue weighted by Crippen LogP contribution is -2.14. The van der Waals surface area contributed by atoms with Crippen molar-refractivity contribution in [1.29, 1.82) is 0 Å². The van der Waals surface area contributed by atoms with Gasteiger partial charge in [-0.15, -0.1) is 0 Å². The fourth-order valence-electron chi connectivity index (χ4n) is 1.42. The van der Waals surface area contributed by atoms with Crippen LogP contribution in [0.3, 0.4) is 0 Å². The highest BCUT2D eigenvalue weighted by molar-refractivity contribution is 7.92. The summed E-state index contributed by atoms with van der Waals surface area (Å²) in [6, 6.07) is 9.35. The Balaban J connectivity index is 2.38. The van der Waals surface area contributed by atoms with Crippen LogP contribution in [0.2, 0.25) is 5.02 Å². The van der Waals surface area contributed by atoms with E-state index in [1.165, 1.54) is 36.4 Å². The fraction of sp³-hybridized carbons (Fsp3) is 0. The minimum Gasteiger partial charge on any atom is -0.398 e. The molecule has 0 heterocycles. The minimum atomic E-state index is -3.91. The first kappa shape index (κ1) is 13.6. The molecule has 0 aromatic heterocycles. The van der Waals surface area contributed by atoms with E-state index in [4.69, 9.17) is 17.3 Å². The average Bonchev–Trinajstić information content (AvgIpc) is 2.35. The first-order valence-corrected chi connectivity index (χ1v) is 7.08. The van der Waals surface area contributed by atoms with E-state index < -0.39 is 15.8 Å². The number of nitrogen functional groups attached to an aromatic ring is 1. The molecule has 0 aliphatic carbocycles. The van der Waals surface area contributed by atoms with Gasteiger partial charge in [0.05, 0.1) is 21.3 Å². The quantitative estimate of drug-likeness (QED) is 0.856.